The summed E-state index contributed by atoms with van der Waals surface area (Å²) in [5.41, 5.74) is 0.665. The molecule has 2 unspecified atom stereocenters. The van der Waals surface area contributed by atoms with Gasteiger partial charge < -0.3 is 19.7 Å². The van der Waals surface area contributed by atoms with Crippen molar-refractivity contribution in [3.63, 3.8) is 0 Å². The molecule has 0 aromatic carbocycles. The predicted molar refractivity (Wildman–Crippen MR) is 76.6 cm³/mol. The van der Waals surface area contributed by atoms with E-state index in [9.17, 15) is 9.90 Å². The fraction of sp³-hybridized carbons (Fsp3) is 0.667. The van der Waals surface area contributed by atoms with Gasteiger partial charge in [-0.25, -0.2) is 0 Å². The van der Waals surface area contributed by atoms with Crippen molar-refractivity contribution in [3.8, 4) is 0 Å². The molecule has 1 aliphatic carbocycles. The van der Waals surface area contributed by atoms with Crippen molar-refractivity contribution < 1.29 is 14.6 Å². The second-order valence-electron chi connectivity index (χ2n) is 5.48. The maximum Gasteiger partial charge on any atom is 0.267 e. The summed E-state index contributed by atoms with van der Waals surface area (Å²) in [5, 5.41) is 12.6. The first-order chi connectivity index (χ1) is 9.70. The Morgan fingerprint density at radius 1 is 1.55 bits per heavy atom. The largest absolute Gasteiger partial charge is 0.393 e. The number of nitrogens with one attached hydrogen (secondary N) is 1. The second kappa shape index (κ2) is 7.45. The molecule has 0 saturated heterocycles. The van der Waals surface area contributed by atoms with E-state index in [-0.39, 0.29) is 12.0 Å². The number of nitrogens with zero attached hydrogens (tertiary/aromatic N) is 1. The summed E-state index contributed by atoms with van der Waals surface area (Å²) < 4.78 is 6.93. The Morgan fingerprint density at radius 2 is 2.40 bits per heavy atom. The van der Waals surface area contributed by atoms with Gasteiger partial charge in [-0.05, 0) is 37.3 Å². The highest BCUT2D eigenvalue weighted by Crippen LogP contribution is 2.23. The molecule has 112 valence electrons. The van der Waals surface area contributed by atoms with Gasteiger partial charge in [0.2, 0.25) is 0 Å². The summed E-state index contributed by atoms with van der Waals surface area (Å²) in [7, 11) is 1.65. The first-order valence-corrected chi connectivity index (χ1v) is 7.31. The van der Waals surface area contributed by atoms with E-state index in [1.807, 2.05) is 22.9 Å². The van der Waals surface area contributed by atoms with E-state index in [2.05, 4.69) is 5.32 Å². The molecule has 0 spiro atoms. The van der Waals surface area contributed by atoms with Crippen LogP contribution in [0.2, 0.25) is 0 Å². The molecule has 1 fully saturated rings. The van der Waals surface area contributed by atoms with Gasteiger partial charge in [0.1, 0.15) is 5.69 Å². The van der Waals surface area contributed by atoms with E-state index < -0.39 is 0 Å². The van der Waals surface area contributed by atoms with E-state index >= 15 is 0 Å². The predicted octanol–water partition coefficient (Wildman–Crippen LogP) is 1.42. The number of aromatic nitrogens is 1. The Kier molecular flexibility index (Phi) is 5.61. The van der Waals surface area contributed by atoms with Crippen LogP contribution < -0.4 is 5.32 Å². The van der Waals surface area contributed by atoms with Gasteiger partial charge in [0, 0.05) is 26.4 Å². The molecule has 1 amide bonds. The SMILES string of the molecule is COCCn1cccc1C(=O)NCC1CCCC(O)C1. The molecule has 1 aromatic heterocycles. The number of hydrogen-bond acceptors (Lipinski definition) is 3. The van der Waals surface area contributed by atoms with Gasteiger partial charge in [0.15, 0.2) is 0 Å². The van der Waals surface area contributed by atoms with Crippen molar-refractivity contribution in [3.05, 3.63) is 24.0 Å². The van der Waals surface area contributed by atoms with E-state index in [4.69, 9.17) is 4.74 Å². The number of aliphatic hydroxyl groups is 1. The second-order valence-corrected chi connectivity index (χ2v) is 5.48. The Hall–Kier alpha value is -1.33. The number of carbonyl (C=O) groups excluding carboxylic acids is 1. The highest BCUT2D eigenvalue weighted by molar-refractivity contribution is 5.92. The van der Waals surface area contributed by atoms with Crippen molar-refractivity contribution >= 4 is 5.91 Å². The molecule has 1 saturated carbocycles. The molecule has 0 aliphatic heterocycles. The lowest BCUT2D eigenvalue weighted by Gasteiger charge is -2.25. The molecule has 0 bridgehead atoms. The number of methoxy groups -OCH3 is 1. The van der Waals surface area contributed by atoms with Crippen LogP contribution in [-0.2, 0) is 11.3 Å². The lowest BCUT2D eigenvalue weighted by Crippen LogP contribution is -2.34. The third-order valence-corrected chi connectivity index (χ3v) is 3.90. The summed E-state index contributed by atoms with van der Waals surface area (Å²) in [4.78, 5) is 12.2. The highest BCUT2D eigenvalue weighted by atomic mass is 16.5. The van der Waals surface area contributed by atoms with Crippen LogP contribution in [0.25, 0.3) is 0 Å². The first-order valence-electron chi connectivity index (χ1n) is 7.31. The standard InChI is InChI=1S/C15H24N2O3/c1-20-9-8-17-7-3-6-14(17)15(19)16-11-12-4-2-5-13(18)10-12/h3,6-7,12-13,18H,2,4-5,8-11H2,1H3,(H,16,19). The van der Waals surface area contributed by atoms with Crippen LogP contribution in [0.5, 0.6) is 0 Å². The summed E-state index contributed by atoms with van der Waals surface area (Å²) in [6, 6.07) is 3.69. The Morgan fingerprint density at radius 3 is 3.15 bits per heavy atom. The quantitative estimate of drug-likeness (QED) is 0.828. The van der Waals surface area contributed by atoms with Crippen LogP contribution in [0.4, 0.5) is 0 Å². The Labute approximate surface area is 119 Å². The number of ether oxygens (including phenoxy) is 1. The minimum atomic E-state index is -0.198. The molecule has 5 heteroatoms. The normalized spacial score (nSPS) is 22.7. The van der Waals surface area contributed by atoms with Crippen LogP contribution >= 0.6 is 0 Å². The maximum absolute atomic E-state index is 12.2. The molecule has 2 rings (SSSR count). The average molecular weight is 280 g/mol. The topological polar surface area (TPSA) is 63.5 Å². The molecule has 0 radical (unpaired) electrons. The van der Waals surface area contributed by atoms with Crippen molar-refractivity contribution in [1.29, 1.82) is 0 Å². The summed E-state index contributed by atoms with van der Waals surface area (Å²) >= 11 is 0. The van der Waals surface area contributed by atoms with Gasteiger partial charge in [0.05, 0.1) is 12.7 Å². The minimum Gasteiger partial charge on any atom is -0.393 e. The molecule has 5 nitrogen and oxygen atoms in total. The van der Waals surface area contributed by atoms with Crippen molar-refractivity contribution in [2.75, 3.05) is 20.3 Å². The van der Waals surface area contributed by atoms with E-state index in [0.717, 1.165) is 25.7 Å². The fourth-order valence-electron chi connectivity index (χ4n) is 2.78. The average Bonchev–Trinajstić information content (AvgIpc) is 2.91. The molecule has 1 heterocycles. The number of hydrogen-bond donors (Lipinski definition) is 2. The lowest BCUT2D eigenvalue weighted by molar-refractivity contribution is 0.0865. The Balaban J connectivity index is 1.83. The zero-order valence-electron chi connectivity index (χ0n) is 12.0. The third kappa shape index (κ3) is 4.08. The van der Waals surface area contributed by atoms with E-state index in [1.165, 1.54) is 0 Å². The van der Waals surface area contributed by atoms with Crippen molar-refractivity contribution in [2.24, 2.45) is 5.92 Å². The first kappa shape index (κ1) is 15.1. The fourth-order valence-corrected chi connectivity index (χ4v) is 2.78. The van der Waals surface area contributed by atoms with Crippen LogP contribution in [0.3, 0.4) is 0 Å². The molecule has 1 aromatic rings. The van der Waals surface area contributed by atoms with Crippen molar-refractivity contribution in [1.82, 2.24) is 9.88 Å². The van der Waals surface area contributed by atoms with Crippen LogP contribution in [0, 0.1) is 5.92 Å². The molecule has 2 N–H and O–H groups in total. The number of carbonyl (C=O) groups is 1. The molecular weight excluding hydrogens is 256 g/mol. The number of aliphatic hydroxyl groups excluding tert-OH is 1. The lowest BCUT2D eigenvalue weighted by atomic mass is 9.87. The van der Waals surface area contributed by atoms with Crippen LogP contribution in [0.15, 0.2) is 18.3 Å². The minimum absolute atomic E-state index is 0.0498. The van der Waals surface area contributed by atoms with Gasteiger partial charge >= 0.3 is 0 Å². The monoisotopic (exact) mass is 280 g/mol. The maximum atomic E-state index is 12.2. The molecule has 2 atom stereocenters. The molecule has 1 aliphatic rings. The zero-order chi connectivity index (χ0) is 14.4. The Bertz CT molecular complexity index is 431. The van der Waals surface area contributed by atoms with Gasteiger partial charge in [-0.1, -0.05) is 6.42 Å². The van der Waals surface area contributed by atoms with Gasteiger partial charge in [-0.3, -0.25) is 4.79 Å². The van der Waals surface area contributed by atoms with Crippen molar-refractivity contribution in [2.45, 2.75) is 38.3 Å². The summed E-state index contributed by atoms with van der Waals surface area (Å²) in [6.07, 6.45) is 5.51. The van der Waals surface area contributed by atoms with Crippen LogP contribution in [0.1, 0.15) is 36.2 Å². The molecular formula is C15H24N2O3. The van der Waals surface area contributed by atoms with Crippen LogP contribution in [-0.4, -0.2) is 41.9 Å². The van der Waals surface area contributed by atoms with Gasteiger partial charge in [-0.2, -0.15) is 0 Å². The van der Waals surface area contributed by atoms with Gasteiger partial charge in [-0.15, -0.1) is 0 Å². The van der Waals surface area contributed by atoms with Gasteiger partial charge in [0.25, 0.3) is 5.91 Å². The summed E-state index contributed by atoms with van der Waals surface area (Å²) in [5.74, 6) is 0.344. The number of rotatable bonds is 6. The highest BCUT2D eigenvalue weighted by Gasteiger charge is 2.21. The van der Waals surface area contributed by atoms with E-state index in [1.54, 1.807) is 7.11 Å². The van der Waals surface area contributed by atoms with E-state index in [0.29, 0.717) is 31.3 Å². The molecule has 20 heavy (non-hydrogen) atoms. The smallest absolute Gasteiger partial charge is 0.267 e. The third-order valence-electron chi connectivity index (χ3n) is 3.90. The summed E-state index contributed by atoms with van der Waals surface area (Å²) in [6.45, 7) is 1.91. The number of amides is 1. The zero-order valence-corrected chi connectivity index (χ0v) is 12.0.